The summed E-state index contributed by atoms with van der Waals surface area (Å²) < 4.78 is 0. The fraction of sp³-hybridized carbons (Fsp3) is 0.455. The second-order valence-corrected chi connectivity index (χ2v) is 3.16. The molecule has 1 aromatic rings. The molecule has 66 valence electrons. The standard InChI is InChI=1S/C11H17N/c1-4-11(12-3)10-7-5-9(2)6-8-10/h5-8,11-12H,4H2,1-3H3/t11-/m0/s1. The van der Waals surface area contributed by atoms with E-state index in [9.17, 15) is 0 Å². The first-order valence-electron chi connectivity index (χ1n) is 4.51. The third-order valence-electron chi connectivity index (χ3n) is 2.24. The van der Waals surface area contributed by atoms with E-state index in [4.69, 9.17) is 0 Å². The van der Waals surface area contributed by atoms with Crippen LogP contribution < -0.4 is 5.32 Å². The van der Waals surface area contributed by atoms with Crippen LogP contribution in [0.15, 0.2) is 24.3 Å². The van der Waals surface area contributed by atoms with Crippen LogP contribution in [0.5, 0.6) is 0 Å². The van der Waals surface area contributed by atoms with E-state index < -0.39 is 0 Å². The average Bonchev–Trinajstić information content (AvgIpc) is 2.10. The van der Waals surface area contributed by atoms with E-state index in [1.165, 1.54) is 11.1 Å². The number of hydrogen-bond donors (Lipinski definition) is 1. The summed E-state index contributed by atoms with van der Waals surface area (Å²) >= 11 is 0. The average molecular weight is 163 g/mol. The molecule has 1 aromatic carbocycles. The molecule has 0 amide bonds. The van der Waals surface area contributed by atoms with Crippen LogP contribution in [-0.4, -0.2) is 7.05 Å². The molecule has 1 heteroatoms. The molecule has 1 rings (SSSR count). The third-order valence-corrected chi connectivity index (χ3v) is 2.24. The zero-order chi connectivity index (χ0) is 8.97. The fourth-order valence-electron chi connectivity index (χ4n) is 1.41. The molecule has 12 heavy (non-hydrogen) atoms. The highest BCUT2D eigenvalue weighted by atomic mass is 14.9. The van der Waals surface area contributed by atoms with Crippen molar-refractivity contribution in [1.82, 2.24) is 5.32 Å². The summed E-state index contributed by atoms with van der Waals surface area (Å²) in [6, 6.07) is 9.22. The lowest BCUT2D eigenvalue weighted by Gasteiger charge is -2.13. The molecule has 0 saturated heterocycles. The molecule has 1 N–H and O–H groups in total. The van der Waals surface area contributed by atoms with E-state index in [1.807, 2.05) is 7.05 Å². The largest absolute Gasteiger partial charge is 0.313 e. The van der Waals surface area contributed by atoms with Crippen LogP contribution in [0.4, 0.5) is 0 Å². The van der Waals surface area contributed by atoms with Crippen molar-refractivity contribution in [1.29, 1.82) is 0 Å². The molecular weight excluding hydrogens is 146 g/mol. The van der Waals surface area contributed by atoms with E-state index in [0.717, 1.165) is 6.42 Å². The zero-order valence-electron chi connectivity index (χ0n) is 8.09. The molecule has 0 bridgehead atoms. The topological polar surface area (TPSA) is 12.0 Å². The smallest absolute Gasteiger partial charge is 0.0314 e. The van der Waals surface area contributed by atoms with Gasteiger partial charge in [0.15, 0.2) is 0 Å². The second-order valence-electron chi connectivity index (χ2n) is 3.16. The molecule has 1 nitrogen and oxygen atoms in total. The van der Waals surface area contributed by atoms with Crippen LogP contribution in [0.3, 0.4) is 0 Å². The first kappa shape index (κ1) is 9.27. The predicted molar refractivity (Wildman–Crippen MR) is 53.3 cm³/mol. The molecule has 0 aliphatic heterocycles. The van der Waals surface area contributed by atoms with E-state index in [2.05, 4.69) is 43.4 Å². The van der Waals surface area contributed by atoms with Crippen LogP contribution in [0.25, 0.3) is 0 Å². The molecule has 0 fully saturated rings. The van der Waals surface area contributed by atoms with Crippen LogP contribution in [0, 0.1) is 6.92 Å². The van der Waals surface area contributed by atoms with Crippen LogP contribution in [0.2, 0.25) is 0 Å². The minimum absolute atomic E-state index is 0.505. The van der Waals surface area contributed by atoms with Gasteiger partial charge in [0.2, 0.25) is 0 Å². The number of nitrogens with one attached hydrogen (secondary N) is 1. The van der Waals surface area contributed by atoms with E-state index in [1.54, 1.807) is 0 Å². The Hall–Kier alpha value is -0.820. The molecule has 0 spiro atoms. The van der Waals surface area contributed by atoms with Crippen molar-refractivity contribution in [3.05, 3.63) is 35.4 Å². The first-order chi connectivity index (χ1) is 5.77. The number of aryl methyl sites for hydroxylation is 1. The normalized spacial score (nSPS) is 12.9. The molecule has 0 radical (unpaired) electrons. The van der Waals surface area contributed by atoms with Gasteiger partial charge in [-0.15, -0.1) is 0 Å². The number of hydrogen-bond acceptors (Lipinski definition) is 1. The summed E-state index contributed by atoms with van der Waals surface area (Å²) in [4.78, 5) is 0. The Bertz CT molecular complexity index is 221. The molecular formula is C11H17N. The molecule has 1 atom stereocenters. The Labute approximate surface area is 74.8 Å². The Kier molecular flexibility index (Phi) is 3.30. The van der Waals surface area contributed by atoms with Gasteiger partial charge < -0.3 is 5.32 Å². The second kappa shape index (κ2) is 4.27. The Morgan fingerprint density at radius 1 is 1.25 bits per heavy atom. The van der Waals surface area contributed by atoms with Crippen molar-refractivity contribution >= 4 is 0 Å². The van der Waals surface area contributed by atoms with Crippen molar-refractivity contribution in [3.63, 3.8) is 0 Å². The van der Waals surface area contributed by atoms with Crippen molar-refractivity contribution in [2.24, 2.45) is 0 Å². The van der Waals surface area contributed by atoms with E-state index in [-0.39, 0.29) is 0 Å². The van der Waals surface area contributed by atoms with Crippen molar-refractivity contribution < 1.29 is 0 Å². The fourth-order valence-corrected chi connectivity index (χ4v) is 1.41. The van der Waals surface area contributed by atoms with Gasteiger partial charge in [-0.25, -0.2) is 0 Å². The van der Waals surface area contributed by atoms with Crippen molar-refractivity contribution in [2.45, 2.75) is 26.3 Å². The lowest BCUT2D eigenvalue weighted by atomic mass is 10.0. The van der Waals surface area contributed by atoms with Gasteiger partial charge in [0.05, 0.1) is 0 Å². The third kappa shape index (κ3) is 2.08. The SMILES string of the molecule is CC[C@H](NC)c1ccc(C)cc1. The molecule has 0 heterocycles. The lowest BCUT2D eigenvalue weighted by Crippen LogP contribution is -2.14. The highest BCUT2D eigenvalue weighted by Crippen LogP contribution is 2.15. The maximum atomic E-state index is 3.29. The molecule has 0 saturated carbocycles. The molecule has 0 unspecified atom stereocenters. The molecule has 0 aliphatic rings. The van der Waals surface area contributed by atoms with Gasteiger partial charge in [-0.2, -0.15) is 0 Å². The summed E-state index contributed by atoms with van der Waals surface area (Å²) in [5.41, 5.74) is 2.70. The van der Waals surface area contributed by atoms with Gasteiger partial charge in [-0.05, 0) is 26.0 Å². The summed E-state index contributed by atoms with van der Waals surface area (Å²) in [6.07, 6.45) is 1.14. The molecule has 0 aliphatic carbocycles. The molecule has 0 aromatic heterocycles. The number of rotatable bonds is 3. The minimum atomic E-state index is 0.505. The van der Waals surface area contributed by atoms with Crippen LogP contribution >= 0.6 is 0 Å². The number of benzene rings is 1. The highest BCUT2D eigenvalue weighted by molar-refractivity contribution is 5.23. The summed E-state index contributed by atoms with van der Waals surface area (Å²) in [6.45, 7) is 4.31. The Morgan fingerprint density at radius 2 is 1.83 bits per heavy atom. The van der Waals surface area contributed by atoms with Gasteiger partial charge in [-0.3, -0.25) is 0 Å². The minimum Gasteiger partial charge on any atom is -0.313 e. The lowest BCUT2D eigenvalue weighted by molar-refractivity contribution is 0.577. The van der Waals surface area contributed by atoms with Gasteiger partial charge in [0.25, 0.3) is 0 Å². The first-order valence-corrected chi connectivity index (χ1v) is 4.51. The van der Waals surface area contributed by atoms with Gasteiger partial charge in [-0.1, -0.05) is 36.8 Å². The van der Waals surface area contributed by atoms with Gasteiger partial charge >= 0.3 is 0 Å². The van der Waals surface area contributed by atoms with E-state index >= 15 is 0 Å². The summed E-state index contributed by atoms with van der Waals surface area (Å²) in [7, 11) is 2.01. The van der Waals surface area contributed by atoms with Gasteiger partial charge in [0.1, 0.15) is 0 Å². The highest BCUT2D eigenvalue weighted by Gasteiger charge is 2.04. The Balaban J connectivity index is 2.80. The quantitative estimate of drug-likeness (QED) is 0.722. The predicted octanol–water partition coefficient (Wildman–Crippen LogP) is 2.67. The maximum Gasteiger partial charge on any atom is 0.0314 e. The summed E-state index contributed by atoms with van der Waals surface area (Å²) in [5.74, 6) is 0. The Morgan fingerprint density at radius 3 is 2.25 bits per heavy atom. The zero-order valence-corrected chi connectivity index (χ0v) is 8.09. The van der Waals surface area contributed by atoms with Crippen molar-refractivity contribution in [2.75, 3.05) is 7.05 Å². The van der Waals surface area contributed by atoms with Crippen molar-refractivity contribution in [3.8, 4) is 0 Å². The van der Waals surface area contributed by atoms with Gasteiger partial charge in [0, 0.05) is 6.04 Å². The van der Waals surface area contributed by atoms with E-state index in [0.29, 0.717) is 6.04 Å². The van der Waals surface area contributed by atoms with Crippen LogP contribution in [-0.2, 0) is 0 Å². The summed E-state index contributed by atoms with van der Waals surface area (Å²) in [5, 5.41) is 3.29. The monoisotopic (exact) mass is 163 g/mol. The van der Waals surface area contributed by atoms with Crippen LogP contribution in [0.1, 0.15) is 30.5 Å². The maximum absolute atomic E-state index is 3.29.